The van der Waals surface area contributed by atoms with Crippen LogP contribution in [0.15, 0.2) is 42.5 Å². The van der Waals surface area contributed by atoms with Crippen molar-refractivity contribution in [3.8, 4) is 11.8 Å². The van der Waals surface area contributed by atoms with E-state index in [1.807, 2.05) is 24.3 Å². The van der Waals surface area contributed by atoms with Crippen LogP contribution in [0.25, 0.3) is 0 Å². The third-order valence-electron chi connectivity index (χ3n) is 4.33. The van der Waals surface area contributed by atoms with Gasteiger partial charge >= 0.3 is 0 Å². The zero-order valence-electron chi connectivity index (χ0n) is 14.5. The Morgan fingerprint density at radius 2 is 2.04 bits per heavy atom. The van der Waals surface area contributed by atoms with Crippen LogP contribution in [-0.2, 0) is 11.3 Å². The number of carbonyl (C=O) groups excluding carboxylic acids is 1. The summed E-state index contributed by atoms with van der Waals surface area (Å²) >= 11 is 5.97. The first-order chi connectivity index (χ1) is 12.6. The summed E-state index contributed by atoms with van der Waals surface area (Å²) in [7, 11) is 1.64. The van der Waals surface area contributed by atoms with Gasteiger partial charge in [0, 0.05) is 17.6 Å². The molecule has 0 atom stereocenters. The van der Waals surface area contributed by atoms with E-state index in [4.69, 9.17) is 16.3 Å². The molecule has 0 saturated heterocycles. The SMILES string of the molecule is COc1ccc(CN(CC(=O)Nc2cc(Cl)ccc2C#N)C2CC2)cc1. The zero-order valence-corrected chi connectivity index (χ0v) is 15.3. The topological polar surface area (TPSA) is 65.4 Å². The van der Waals surface area contributed by atoms with Crippen molar-refractivity contribution < 1.29 is 9.53 Å². The standard InChI is InChI=1S/C20H20ClN3O2/c1-26-18-8-2-14(3-9-18)12-24(17-6-7-17)13-20(25)23-19-10-16(21)5-4-15(19)11-22/h2-5,8-10,17H,6-7,12-13H2,1H3,(H,23,25). The minimum atomic E-state index is -0.149. The number of halogens is 1. The monoisotopic (exact) mass is 369 g/mol. The second-order valence-corrected chi connectivity index (χ2v) is 6.77. The van der Waals surface area contributed by atoms with Crippen LogP contribution in [0.5, 0.6) is 5.75 Å². The first-order valence-electron chi connectivity index (χ1n) is 8.45. The lowest BCUT2D eigenvalue weighted by Crippen LogP contribution is -2.34. The Morgan fingerprint density at radius 3 is 2.65 bits per heavy atom. The summed E-state index contributed by atoms with van der Waals surface area (Å²) in [5.74, 6) is 0.665. The molecule has 0 aromatic heterocycles. The molecular weight excluding hydrogens is 350 g/mol. The van der Waals surface area contributed by atoms with Gasteiger partial charge in [-0.3, -0.25) is 9.69 Å². The smallest absolute Gasteiger partial charge is 0.238 e. The van der Waals surface area contributed by atoms with E-state index in [1.165, 1.54) is 0 Å². The number of nitrogens with zero attached hydrogens (tertiary/aromatic N) is 2. The lowest BCUT2D eigenvalue weighted by atomic mass is 10.2. The van der Waals surface area contributed by atoms with Gasteiger partial charge in [-0.15, -0.1) is 0 Å². The molecule has 2 aromatic carbocycles. The molecule has 5 nitrogen and oxygen atoms in total. The summed E-state index contributed by atoms with van der Waals surface area (Å²) in [5, 5.41) is 12.5. The molecule has 3 rings (SSSR count). The maximum atomic E-state index is 12.5. The summed E-state index contributed by atoms with van der Waals surface area (Å²) in [6.45, 7) is 0.969. The lowest BCUT2D eigenvalue weighted by molar-refractivity contribution is -0.117. The number of nitriles is 1. The van der Waals surface area contributed by atoms with E-state index < -0.39 is 0 Å². The number of benzene rings is 2. The van der Waals surface area contributed by atoms with E-state index >= 15 is 0 Å². The number of amides is 1. The third kappa shape index (κ3) is 4.75. The molecule has 1 N–H and O–H groups in total. The van der Waals surface area contributed by atoms with Crippen molar-refractivity contribution >= 4 is 23.2 Å². The number of hydrogen-bond donors (Lipinski definition) is 1. The molecule has 0 radical (unpaired) electrons. The Morgan fingerprint density at radius 1 is 1.31 bits per heavy atom. The van der Waals surface area contributed by atoms with Gasteiger partial charge in [0.1, 0.15) is 11.8 Å². The van der Waals surface area contributed by atoms with Gasteiger partial charge in [-0.05, 0) is 48.7 Å². The van der Waals surface area contributed by atoms with Crippen LogP contribution in [-0.4, -0.2) is 30.5 Å². The summed E-state index contributed by atoms with van der Waals surface area (Å²) in [4.78, 5) is 14.7. The van der Waals surface area contributed by atoms with Gasteiger partial charge in [0.2, 0.25) is 5.91 Å². The summed E-state index contributed by atoms with van der Waals surface area (Å²) < 4.78 is 5.18. The lowest BCUT2D eigenvalue weighted by Gasteiger charge is -2.22. The number of anilines is 1. The number of ether oxygens (including phenoxy) is 1. The first kappa shape index (κ1) is 18.2. The fourth-order valence-electron chi connectivity index (χ4n) is 2.81. The average molecular weight is 370 g/mol. The molecule has 1 saturated carbocycles. The van der Waals surface area contributed by atoms with Crippen LogP contribution in [0, 0.1) is 11.3 Å². The van der Waals surface area contributed by atoms with Crippen LogP contribution in [0.3, 0.4) is 0 Å². The van der Waals surface area contributed by atoms with Crippen molar-refractivity contribution in [3.05, 3.63) is 58.6 Å². The van der Waals surface area contributed by atoms with E-state index in [1.54, 1.807) is 25.3 Å². The van der Waals surface area contributed by atoms with Gasteiger partial charge in [-0.25, -0.2) is 0 Å². The first-order valence-corrected chi connectivity index (χ1v) is 8.83. The Kier molecular flexibility index (Phi) is 5.77. The molecule has 1 aliphatic carbocycles. The second-order valence-electron chi connectivity index (χ2n) is 6.33. The minimum absolute atomic E-state index is 0.149. The summed E-state index contributed by atoms with van der Waals surface area (Å²) in [6, 6.07) is 15.2. The highest BCUT2D eigenvalue weighted by atomic mass is 35.5. The average Bonchev–Trinajstić information content (AvgIpc) is 3.47. The van der Waals surface area contributed by atoms with Gasteiger partial charge in [0.25, 0.3) is 0 Å². The molecule has 1 aliphatic rings. The minimum Gasteiger partial charge on any atom is -0.497 e. The molecule has 26 heavy (non-hydrogen) atoms. The highest BCUT2D eigenvalue weighted by Gasteiger charge is 2.30. The van der Waals surface area contributed by atoms with Gasteiger partial charge in [-0.1, -0.05) is 23.7 Å². The Labute approximate surface area is 158 Å². The maximum Gasteiger partial charge on any atom is 0.238 e. The predicted octanol–water partition coefficient (Wildman–Crippen LogP) is 3.82. The van der Waals surface area contributed by atoms with E-state index in [2.05, 4.69) is 16.3 Å². The van der Waals surface area contributed by atoms with Crippen LogP contribution in [0.1, 0.15) is 24.0 Å². The molecule has 0 aliphatic heterocycles. The van der Waals surface area contributed by atoms with E-state index in [0.29, 0.717) is 28.9 Å². The Balaban J connectivity index is 1.65. The predicted molar refractivity (Wildman–Crippen MR) is 101 cm³/mol. The number of rotatable bonds is 7. The van der Waals surface area contributed by atoms with Crippen LogP contribution >= 0.6 is 11.6 Å². The van der Waals surface area contributed by atoms with Gasteiger partial charge < -0.3 is 10.1 Å². The molecule has 0 heterocycles. The van der Waals surface area contributed by atoms with Gasteiger partial charge in [-0.2, -0.15) is 5.26 Å². The van der Waals surface area contributed by atoms with E-state index in [0.717, 1.165) is 24.2 Å². The van der Waals surface area contributed by atoms with E-state index in [-0.39, 0.29) is 12.5 Å². The van der Waals surface area contributed by atoms with Crippen LogP contribution in [0.2, 0.25) is 5.02 Å². The fourth-order valence-corrected chi connectivity index (χ4v) is 2.98. The molecule has 0 bridgehead atoms. The van der Waals surface area contributed by atoms with Crippen molar-refractivity contribution in [2.45, 2.75) is 25.4 Å². The molecule has 134 valence electrons. The number of carbonyl (C=O) groups is 1. The highest BCUT2D eigenvalue weighted by Crippen LogP contribution is 2.29. The fraction of sp³-hybridized carbons (Fsp3) is 0.300. The van der Waals surface area contributed by atoms with Crippen LogP contribution < -0.4 is 10.1 Å². The van der Waals surface area contributed by atoms with Crippen molar-refractivity contribution in [2.24, 2.45) is 0 Å². The molecule has 2 aromatic rings. The summed E-state index contributed by atoms with van der Waals surface area (Å²) in [5.41, 5.74) is 1.98. The Bertz CT molecular complexity index is 826. The number of methoxy groups -OCH3 is 1. The molecule has 0 unspecified atom stereocenters. The normalized spacial score (nSPS) is 13.3. The molecule has 1 fully saturated rings. The van der Waals surface area contributed by atoms with Crippen molar-refractivity contribution in [3.63, 3.8) is 0 Å². The number of nitrogens with one attached hydrogen (secondary N) is 1. The van der Waals surface area contributed by atoms with Crippen molar-refractivity contribution in [1.82, 2.24) is 4.90 Å². The number of hydrogen-bond acceptors (Lipinski definition) is 4. The summed E-state index contributed by atoms with van der Waals surface area (Å²) in [6.07, 6.45) is 2.20. The highest BCUT2D eigenvalue weighted by molar-refractivity contribution is 6.31. The van der Waals surface area contributed by atoms with Crippen molar-refractivity contribution in [1.29, 1.82) is 5.26 Å². The Hall–Kier alpha value is -2.55. The molecular formula is C20H20ClN3O2. The van der Waals surface area contributed by atoms with E-state index in [9.17, 15) is 10.1 Å². The quantitative estimate of drug-likeness (QED) is 0.805. The maximum absolute atomic E-state index is 12.5. The van der Waals surface area contributed by atoms with Crippen molar-refractivity contribution in [2.75, 3.05) is 19.0 Å². The molecule has 0 spiro atoms. The zero-order chi connectivity index (χ0) is 18.5. The molecule has 1 amide bonds. The third-order valence-corrected chi connectivity index (χ3v) is 4.57. The molecule has 6 heteroatoms. The van der Waals surface area contributed by atoms with Gasteiger partial charge in [0.15, 0.2) is 0 Å². The largest absolute Gasteiger partial charge is 0.497 e. The second kappa shape index (κ2) is 8.22. The van der Waals surface area contributed by atoms with Gasteiger partial charge in [0.05, 0.1) is 24.9 Å². The van der Waals surface area contributed by atoms with Crippen LogP contribution in [0.4, 0.5) is 5.69 Å².